The van der Waals surface area contributed by atoms with E-state index in [1.807, 2.05) is 20.8 Å². The molecule has 0 radical (unpaired) electrons. The Labute approximate surface area is 96.4 Å². The molecule has 0 aromatic carbocycles. The Morgan fingerprint density at radius 2 is 1.88 bits per heavy atom. The third-order valence-electron chi connectivity index (χ3n) is 2.17. The molecule has 0 bridgehead atoms. The van der Waals surface area contributed by atoms with Gasteiger partial charge in [-0.1, -0.05) is 13.8 Å². The molecule has 2 atom stereocenters. The first-order valence-corrected chi connectivity index (χ1v) is 5.60. The maximum Gasteiger partial charge on any atom is 0.326 e. The summed E-state index contributed by atoms with van der Waals surface area (Å²) in [5.41, 5.74) is 5.52. The minimum atomic E-state index is -0.983. The Kier molecular flexibility index (Phi) is 6.72. The number of amides is 1. The highest BCUT2D eigenvalue weighted by molar-refractivity contribution is 5.83. The van der Waals surface area contributed by atoms with Gasteiger partial charge in [0.25, 0.3) is 0 Å². The van der Waals surface area contributed by atoms with E-state index in [9.17, 15) is 9.59 Å². The molecule has 5 nitrogen and oxygen atoms in total. The zero-order valence-electron chi connectivity index (χ0n) is 10.2. The van der Waals surface area contributed by atoms with Crippen molar-refractivity contribution < 1.29 is 14.7 Å². The lowest BCUT2D eigenvalue weighted by atomic mass is 10.0. The first-order valence-electron chi connectivity index (χ1n) is 5.60. The topological polar surface area (TPSA) is 92.4 Å². The second-order valence-corrected chi connectivity index (χ2v) is 4.60. The molecule has 0 saturated carbocycles. The van der Waals surface area contributed by atoms with Crippen molar-refractivity contribution in [2.24, 2.45) is 11.7 Å². The van der Waals surface area contributed by atoms with Crippen molar-refractivity contribution >= 4 is 11.9 Å². The zero-order valence-corrected chi connectivity index (χ0v) is 10.2. The number of aliphatic carboxylic acids is 1. The van der Waals surface area contributed by atoms with E-state index in [2.05, 4.69) is 5.32 Å². The number of nitrogens with two attached hydrogens (primary N) is 1. The van der Waals surface area contributed by atoms with Crippen molar-refractivity contribution in [1.29, 1.82) is 0 Å². The van der Waals surface area contributed by atoms with Crippen LogP contribution in [0.15, 0.2) is 0 Å². The zero-order chi connectivity index (χ0) is 12.7. The summed E-state index contributed by atoms with van der Waals surface area (Å²) in [5, 5.41) is 11.4. The molecule has 0 spiro atoms. The predicted octanol–water partition coefficient (Wildman–Crippen LogP) is 0.729. The summed E-state index contributed by atoms with van der Waals surface area (Å²) in [5.74, 6) is -0.997. The van der Waals surface area contributed by atoms with Gasteiger partial charge in [-0.05, 0) is 25.7 Å². The smallest absolute Gasteiger partial charge is 0.326 e. The van der Waals surface area contributed by atoms with Crippen molar-refractivity contribution in [2.75, 3.05) is 0 Å². The van der Waals surface area contributed by atoms with E-state index in [0.717, 1.165) is 0 Å². The number of carboxylic acids is 1. The lowest BCUT2D eigenvalue weighted by molar-refractivity contribution is -0.142. The molecule has 1 amide bonds. The predicted molar refractivity (Wildman–Crippen MR) is 61.9 cm³/mol. The van der Waals surface area contributed by atoms with Gasteiger partial charge in [0.15, 0.2) is 0 Å². The van der Waals surface area contributed by atoms with Gasteiger partial charge in [-0.2, -0.15) is 0 Å². The van der Waals surface area contributed by atoms with Gasteiger partial charge < -0.3 is 16.2 Å². The fourth-order valence-electron chi connectivity index (χ4n) is 1.32. The van der Waals surface area contributed by atoms with Crippen LogP contribution in [0, 0.1) is 5.92 Å². The van der Waals surface area contributed by atoms with E-state index in [1.165, 1.54) is 0 Å². The third-order valence-corrected chi connectivity index (χ3v) is 2.17. The van der Waals surface area contributed by atoms with Gasteiger partial charge in [0.1, 0.15) is 6.04 Å². The molecular formula is C11H22N2O3. The van der Waals surface area contributed by atoms with Crippen molar-refractivity contribution in [3.63, 3.8) is 0 Å². The maximum atomic E-state index is 11.4. The highest BCUT2D eigenvalue weighted by Crippen LogP contribution is 2.05. The lowest BCUT2D eigenvalue weighted by Gasteiger charge is -2.16. The van der Waals surface area contributed by atoms with E-state index < -0.39 is 12.0 Å². The molecule has 0 aliphatic carbocycles. The highest BCUT2D eigenvalue weighted by atomic mass is 16.4. The van der Waals surface area contributed by atoms with Crippen LogP contribution in [0.25, 0.3) is 0 Å². The minimum Gasteiger partial charge on any atom is -0.480 e. The second kappa shape index (κ2) is 7.22. The van der Waals surface area contributed by atoms with Gasteiger partial charge in [0.05, 0.1) is 0 Å². The first kappa shape index (κ1) is 14.9. The Bertz CT molecular complexity index is 239. The van der Waals surface area contributed by atoms with Crippen LogP contribution >= 0.6 is 0 Å². The standard InChI is InChI=1S/C11H22N2O3/c1-7(2)6-9(11(15)16)13-10(14)5-4-8(3)12/h7-9H,4-6,12H2,1-3H3,(H,13,14)(H,15,16). The van der Waals surface area contributed by atoms with E-state index in [1.54, 1.807) is 0 Å². The molecule has 0 saturated heterocycles. The van der Waals surface area contributed by atoms with Crippen LogP contribution in [0.1, 0.15) is 40.0 Å². The van der Waals surface area contributed by atoms with Gasteiger partial charge >= 0.3 is 5.97 Å². The molecular weight excluding hydrogens is 208 g/mol. The van der Waals surface area contributed by atoms with Gasteiger partial charge in [-0.25, -0.2) is 4.79 Å². The molecule has 0 aliphatic heterocycles. The molecule has 0 aromatic rings. The summed E-state index contributed by atoms with van der Waals surface area (Å²) >= 11 is 0. The quantitative estimate of drug-likeness (QED) is 0.601. The van der Waals surface area contributed by atoms with Crippen LogP contribution in [-0.4, -0.2) is 29.1 Å². The molecule has 0 aromatic heterocycles. The van der Waals surface area contributed by atoms with Gasteiger partial charge in [0, 0.05) is 12.5 Å². The summed E-state index contributed by atoms with van der Waals surface area (Å²) in [6.07, 6.45) is 1.29. The van der Waals surface area contributed by atoms with Gasteiger partial charge in [-0.15, -0.1) is 0 Å². The average Bonchev–Trinajstić information content (AvgIpc) is 2.12. The largest absolute Gasteiger partial charge is 0.480 e. The van der Waals surface area contributed by atoms with Crippen LogP contribution in [-0.2, 0) is 9.59 Å². The van der Waals surface area contributed by atoms with Crippen molar-refractivity contribution in [1.82, 2.24) is 5.32 Å². The number of carbonyl (C=O) groups excluding carboxylic acids is 1. The number of carbonyl (C=O) groups is 2. The Balaban J connectivity index is 4.08. The summed E-state index contributed by atoms with van der Waals surface area (Å²) < 4.78 is 0. The number of hydrogen-bond donors (Lipinski definition) is 3. The number of hydrogen-bond acceptors (Lipinski definition) is 3. The second-order valence-electron chi connectivity index (χ2n) is 4.60. The molecule has 0 heterocycles. The van der Waals surface area contributed by atoms with Crippen LogP contribution in [0.4, 0.5) is 0 Å². The van der Waals surface area contributed by atoms with Crippen molar-refractivity contribution in [3.05, 3.63) is 0 Å². The maximum absolute atomic E-state index is 11.4. The lowest BCUT2D eigenvalue weighted by Crippen LogP contribution is -2.41. The van der Waals surface area contributed by atoms with E-state index in [4.69, 9.17) is 10.8 Å². The molecule has 16 heavy (non-hydrogen) atoms. The summed E-state index contributed by atoms with van der Waals surface area (Å²) in [6.45, 7) is 5.66. The van der Waals surface area contributed by atoms with Crippen LogP contribution < -0.4 is 11.1 Å². The Hall–Kier alpha value is -1.10. The van der Waals surface area contributed by atoms with E-state index in [-0.39, 0.29) is 24.3 Å². The summed E-state index contributed by atoms with van der Waals surface area (Å²) in [6, 6.07) is -0.834. The fourth-order valence-corrected chi connectivity index (χ4v) is 1.32. The van der Waals surface area contributed by atoms with Crippen LogP contribution in [0.3, 0.4) is 0 Å². The molecule has 0 rings (SSSR count). The van der Waals surface area contributed by atoms with Crippen molar-refractivity contribution in [2.45, 2.75) is 52.1 Å². The van der Waals surface area contributed by atoms with E-state index >= 15 is 0 Å². The van der Waals surface area contributed by atoms with Gasteiger partial charge in [0.2, 0.25) is 5.91 Å². The number of nitrogens with one attached hydrogen (secondary N) is 1. The Morgan fingerprint density at radius 3 is 2.25 bits per heavy atom. The first-order chi connectivity index (χ1) is 7.32. The Morgan fingerprint density at radius 1 is 1.31 bits per heavy atom. The van der Waals surface area contributed by atoms with Gasteiger partial charge in [-0.3, -0.25) is 4.79 Å². The van der Waals surface area contributed by atoms with E-state index in [0.29, 0.717) is 12.8 Å². The monoisotopic (exact) mass is 230 g/mol. The molecule has 2 unspecified atom stereocenters. The third kappa shape index (κ3) is 7.23. The summed E-state index contributed by atoms with van der Waals surface area (Å²) in [4.78, 5) is 22.3. The van der Waals surface area contributed by atoms with Crippen LogP contribution in [0.2, 0.25) is 0 Å². The molecule has 0 fully saturated rings. The molecule has 5 heteroatoms. The molecule has 0 aliphatic rings. The highest BCUT2D eigenvalue weighted by Gasteiger charge is 2.20. The van der Waals surface area contributed by atoms with Crippen LogP contribution in [0.5, 0.6) is 0 Å². The SMILES string of the molecule is CC(C)CC(NC(=O)CCC(C)N)C(=O)O. The molecule has 4 N–H and O–H groups in total. The average molecular weight is 230 g/mol. The summed E-state index contributed by atoms with van der Waals surface area (Å²) in [7, 11) is 0. The van der Waals surface area contributed by atoms with Crippen molar-refractivity contribution in [3.8, 4) is 0 Å². The normalized spacial score (nSPS) is 14.6. The molecule has 94 valence electrons. The minimum absolute atomic E-state index is 0.0425. The number of rotatable bonds is 7. The number of carboxylic acid groups (broad SMARTS) is 1. The fraction of sp³-hybridized carbons (Fsp3) is 0.818.